The predicted octanol–water partition coefficient (Wildman–Crippen LogP) is 5.66. The fourth-order valence-corrected chi connectivity index (χ4v) is 8.18. The predicted molar refractivity (Wildman–Crippen MR) is 115 cm³/mol. The van der Waals surface area contributed by atoms with Gasteiger partial charge in [0.1, 0.15) is 6.10 Å². The first-order valence-corrected chi connectivity index (χ1v) is 12.0. The molecule has 3 nitrogen and oxygen atoms in total. The van der Waals surface area contributed by atoms with Gasteiger partial charge in [-0.1, -0.05) is 31.2 Å². The van der Waals surface area contributed by atoms with E-state index >= 15 is 0 Å². The van der Waals surface area contributed by atoms with Crippen LogP contribution in [-0.4, -0.2) is 36.9 Å². The summed E-state index contributed by atoms with van der Waals surface area (Å²) in [5.41, 5.74) is 3.90. The Kier molecular flexibility index (Phi) is 4.69. The van der Waals surface area contributed by atoms with Gasteiger partial charge in [0.2, 0.25) is 0 Å². The SMILES string of the molecule is C=C1CCC2C3CCC4CC(=NOC5CCN(C)C5)CC[C@]4(C)C3CC[C@]12C. The van der Waals surface area contributed by atoms with E-state index in [4.69, 9.17) is 4.84 Å². The third kappa shape index (κ3) is 2.90. The molecule has 0 aromatic rings. The summed E-state index contributed by atoms with van der Waals surface area (Å²) < 4.78 is 0. The van der Waals surface area contributed by atoms with Crippen LogP contribution in [0.2, 0.25) is 0 Å². The zero-order chi connectivity index (χ0) is 19.5. The van der Waals surface area contributed by atoms with E-state index in [1.807, 2.05) is 0 Å². The minimum atomic E-state index is 0.313. The number of likely N-dealkylation sites (tertiary alicyclic amines) is 1. The van der Waals surface area contributed by atoms with Gasteiger partial charge in [0.05, 0.1) is 5.71 Å². The van der Waals surface area contributed by atoms with Crippen molar-refractivity contribution >= 4 is 5.71 Å². The zero-order valence-corrected chi connectivity index (χ0v) is 18.4. The fourth-order valence-electron chi connectivity index (χ4n) is 8.18. The molecule has 5 unspecified atom stereocenters. The monoisotopic (exact) mass is 384 g/mol. The molecule has 4 saturated carbocycles. The van der Waals surface area contributed by atoms with Crippen LogP contribution < -0.4 is 0 Å². The van der Waals surface area contributed by atoms with Crippen molar-refractivity contribution in [2.24, 2.45) is 39.7 Å². The van der Waals surface area contributed by atoms with Crippen molar-refractivity contribution in [3.63, 3.8) is 0 Å². The van der Waals surface area contributed by atoms with Crippen LogP contribution in [0.5, 0.6) is 0 Å². The van der Waals surface area contributed by atoms with Crippen molar-refractivity contribution in [2.45, 2.75) is 84.2 Å². The molecule has 1 heterocycles. The summed E-state index contributed by atoms with van der Waals surface area (Å²) >= 11 is 0. The summed E-state index contributed by atoms with van der Waals surface area (Å²) in [4.78, 5) is 8.30. The molecule has 7 atom stereocenters. The Balaban J connectivity index is 1.28. The van der Waals surface area contributed by atoms with Gasteiger partial charge in [-0.15, -0.1) is 0 Å². The van der Waals surface area contributed by atoms with Gasteiger partial charge in [-0.25, -0.2) is 0 Å². The Labute approximate surface area is 172 Å². The molecule has 0 radical (unpaired) electrons. The zero-order valence-electron chi connectivity index (χ0n) is 18.4. The van der Waals surface area contributed by atoms with Crippen molar-refractivity contribution in [3.8, 4) is 0 Å². The summed E-state index contributed by atoms with van der Waals surface area (Å²) in [7, 11) is 2.18. The molecular weight excluding hydrogens is 344 g/mol. The molecule has 5 aliphatic rings. The number of hydrogen-bond acceptors (Lipinski definition) is 3. The third-order valence-corrected chi connectivity index (χ3v) is 10.1. The van der Waals surface area contributed by atoms with Crippen LogP contribution in [0.4, 0.5) is 0 Å². The van der Waals surface area contributed by atoms with Gasteiger partial charge in [0, 0.05) is 19.5 Å². The topological polar surface area (TPSA) is 24.8 Å². The maximum absolute atomic E-state index is 5.95. The fraction of sp³-hybridized carbons (Fsp3) is 0.880. The molecule has 0 aromatic heterocycles. The van der Waals surface area contributed by atoms with Crippen molar-refractivity contribution in [2.75, 3.05) is 20.1 Å². The standard InChI is InChI=1S/C25H40N2O/c1-17-5-8-22-21-7-6-18-15-19(26-28-20-11-14-27(4)16-20)9-12-25(18,3)23(21)10-13-24(17,22)2/h18,20-23H,1,5-16H2,2-4H3/t18?,20?,21?,22?,23?,24-,25+/m1/s1. The quantitative estimate of drug-likeness (QED) is 0.453. The van der Waals surface area contributed by atoms with E-state index < -0.39 is 0 Å². The summed E-state index contributed by atoms with van der Waals surface area (Å²) in [6.07, 6.45) is 13.5. The number of rotatable bonds is 2. The number of hydrogen-bond donors (Lipinski definition) is 0. The van der Waals surface area contributed by atoms with Crippen LogP contribution in [0.25, 0.3) is 0 Å². The molecule has 0 bridgehead atoms. The lowest BCUT2D eigenvalue weighted by Gasteiger charge is -2.60. The lowest BCUT2D eigenvalue weighted by atomic mass is 9.45. The number of allylic oxidation sites excluding steroid dienone is 1. The lowest BCUT2D eigenvalue weighted by molar-refractivity contribution is -0.0861. The highest BCUT2D eigenvalue weighted by Gasteiger charge is 2.58. The van der Waals surface area contributed by atoms with Crippen LogP contribution in [0, 0.1) is 34.5 Å². The minimum Gasteiger partial charge on any atom is -0.391 e. The molecule has 3 heteroatoms. The van der Waals surface area contributed by atoms with E-state index in [1.54, 1.807) is 5.57 Å². The van der Waals surface area contributed by atoms with Crippen molar-refractivity contribution in [1.82, 2.24) is 4.90 Å². The summed E-state index contributed by atoms with van der Waals surface area (Å²) in [6.45, 7) is 11.8. The van der Waals surface area contributed by atoms with E-state index in [0.29, 0.717) is 16.9 Å². The molecule has 0 N–H and O–H groups in total. The average molecular weight is 385 g/mol. The normalized spacial score (nSPS) is 50.3. The first kappa shape index (κ1) is 19.2. The van der Waals surface area contributed by atoms with Crippen LogP contribution >= 0.6 is 0 Å². The molecule has 28 heavy (non-hydrogen) atoms. The van der Waals surface area contributed by atoms with Gasteiger partial charge >= 0.3 is 0 Å². The second kappa shape index (κ2) is 6.86. The maximum atomic E-state index is 5.95. The van der Waals surface area contributed by atoms with Gasteiger partial charge in [0.15, 0.2) is 0 Å². The smallest absolute Gasteiger partial charge is 0.141 e. The van der Waals surface area contributed by atoms with Gasteiger partial charge in [-0.2, -0.15) is 0 Å². The molecule has 156 valence electrons. The van der Waals surface area contributed by atoms with Gasteiger partial charge in [0.25, 0.3) is 0 Å². The molecule has 0 aromatic carbocycles. The Hall–Kier alpha value is -0.830. The average Bonchev–Trinajstić information content (AvgIpc) is 3.23. The van der Waals surface area contributed by atoms with Crippen molar-refractivity contribution in [1.29, 1.82) is 0 Å². The molecule has 0 amide bonds. The van der Waals surface area contributed by atoms with Gasteiger partial charge < -0.3 is 9.74 Å². The molecule has 5 fully saturated rings. The second-order valence-electron chi connectivity index (χ2n) is 11.4. The Morgan fingerprint density at radius 3 is 2.68 bits per heavy atom. The Morgan fingerprint density at radius 2 is 1.89 bits per heavy atom. The molecule has 5 rings (SSSR count). The van der Waals surface area contributed by atoms with Gasteiger partial charge in [-0.05, 0) is 99.3 Å². The molecule has 1 aliphatic heterocycles. The van der Waals surface area contributed by atoms with Crippen molar-refractivity contribution in [3.05, 3.63) is 12.2 Å². The summed E-state index contributed by atoms with van der Waals surface area (Å²) in [5, 5.41) is 4.68. The van der Waals surface area contributed by atoms with Crippen molar-refractivity contribution < 1.29 is 4.84 Å². The molecule has 0 spiro atoms. The van der Waals surface area contributed by atoms with E-state index in [2.05, 4.69) is 37.5 Å². The van der Waals surface area contributed by atoms with Crippen LogP contribution in [0.1, 0.15) is 78.1 Å². The number of oxime groups is 1. The van der Waals surface area contributed by atoms with Crippen LogP contribution in [0.3, 0.4) is 0 Å². The minimum absolute atomic E-state index is 0.313. The number of likely N-dealkylation sites (N-methyl/N-ethyl adjacent to an activating group) is 1. The number of nitrogens with zero attached hydrogens (tertiary/aromatic N) is 2. The summed E-state index contributed by atoms with van der Waals surface area (Å²) in [6, 6.07) is 0. The van der Waals surface area contributed by atoms with Gasteiger partial charge in [-0.3, -0.25) is 0 Å². The van der Waals surface area contributed by atoms with E-state index in [1.165, 1.54) is 57.1 Å². The first-order valence-electron chi connectivity index (χ1n) is 12.0. The second-order valence-corrected chi connectivity index (χ2v) is 11.4. The lowest BCUT2D eigenvalue weighted by Crippen LogP contribution is -2.52. The van der Waals surface area contributed by atoms with E-state index in [9.17, 15) is 0 Å². The highest BCUT2D eigenvalue weighted by atomic mass is 16.6. The largest absolute Gasteiger partial charge is 0.391 e. The van der Waals surface area contributed by atoms with E-state index in [-0.39, 0.29) is 0 Å². The van der Waals surface area contributed by atoms with E-state index in [0.717, 1.165) is 49.6 Å². The van der Waals surface area contributed by atoms with Crippen LogP contribution in [0.15, 0.2) is 17.3 Å². The highest BCUT2D eigenvalue weighted by Crippen LogP contribution is 2.66. The maximum Gasteiger partial charge on any atom is 0.141 e. The Morgan fingerprint density at radius 1 is 1.04 bits per heavy atom. The molecule has 1 saturated heterocycles. The number of fused-ring (bicyclic) bond motifs is 5. The third-order valence-electron chi connectivity index (χ3n) is 10.1. The first-order chi connectivity index (χ1) is 13.4. The Bertz CT molecular complexity index is 671. The molecular formula is C25H40N2O. The highest BCUT2D eigenvalue weighted by molar-refractivity contribution is 5.85. The summed E-state index contributed by atoms with van der Waals surface area (Å²) in [5.74, 6) is 3.61. The molecule has 4 aliphatic carbocycles. The van der Waals surface area contributed by atoms with Crippen LogP contribution in [-0.2, 0) is 4.84 Å².